The second-order valence-electron chi connectivity index (χ2n) is 7.99. The fourth-order valence-electron chi connectivity index (χ4n) is 3.98. The predicted molar refractivity (Wildman–Crippen MR) is 115 cm³/mol. The third kappa shape index (κ3) is 2.45. The van der Waals surface area contributed by atoms with Gasteiger partial charge in [-0.25, -0.2) is 9.97 Å². The lowest BCUT2D eigenvalue weighted by molar-refractivity contribution is 0.0920. The summed E-state index contributed by atoms with van der Waals surface area (Å²) in [4.78, 5) is 22.8. The van der Waals surface area contributed by atoms with Crippen LogP contribution in [0.3, 0.4) is 0 Å². The Morgan fingerprint density at radius 1 is 1.30 bits per heavy atom. The van der Waals surface area contributed by atoms with Crippen LogP contribution in [0.25, 0.3) is 32.4 Å². The van der Waals surface area contributed by atoms with E-state index in [-0.39, 0.29) is 17.4 Å². The van der Waals surface area contributed by atoms with Gasteiger partial charge in [0.2, 0.25) is 5.76 Å². The smallest absolute Gasteiger partial charge is 0.289 e. The van der Waals surface area contributed by atoms with E-state index in [0.29, 0.717) is 17.9 Å². The van der Waals surface area contributed by atoms with Crippen molar-refractivity contribution < 1.29 is 9.21 Å². The van der Waals surface area contributed by atoms with Gasteiger partial charge in [0, 0.05) is 24.2 Å². The van der Waals surface area contributed by atoms with Crippen molar-refractivity contribution in [1.82, 2.24) is 15.3 Å². The van der Waals surface area contributed by atoms with Gasteiger partial charge >= 0.3 is 0 Å². The van der Waals surface area contributed by atoms with Crippen molar-refractivity contribution in [3.8, 4) is 16.6 Å². The second kappa shape index (κ2) is 6.03. The number of benzene rings is 1. The van der Waals surface area contributed by atoms with Crippen LogP contribution in [-0.4, -0.2) is 28.5 Å². The normalized spacial score (nSPS) is 19.6. The van der Waals surface area contributed by atoms with Crippen molar-refractivity contribution in [3.05, 3.63) is 41.2 Å². The van der Waals surface area contributed by atoms with Gasteiger partial charge in [-0.1, -0.05) is 0 Å². The van der Waals surface area contributed by atoms with E-state index in [0.717, 1.165) is 50.4 Å². The van der Waals surface area contributed by atoms with Crippen LogP contribution in [0, 0.1) is 11.3 Å². The lowest BCUT2D eigenvalue weighted by atomic mass is 10.1. The first-order valence-electron chi connectivity index (χ1n) is 9.87. The zero-order chi connectivity index (χ0) is 20.5. The number of fused-ring (bicyclic) bond motifs is 5. The largest absolute Gasteiger partial charge is 0.449 e. The molecule has 1 amide bonds. The van der Waals surface area contributed by atoms with Crippen LogP contribution >= 0.6 is 11.3 Å². The molecule has 0 spiro atoms. The SMILES string of the molecule is CC1CNc2c(oc3ccc4nc(-c5cnc(C6(C#N)CC6)s5)ccc4c23)C(=O)N1. The molecule has 0 bridgehead atoms. The van der Waals surface area contributed by atoms with E-state index in [1.54, 1.807) is 17.5 Å². The molecule has 1 aliphatic heterocycles. The number of nitriles is 1. The van der Waals surface area contributed by atoms with E-state index >= 15 is 0 Å². The summed E-state index contributed by atoms with van der Waals surface area (Å²) in [6, 6.07) is 10.1. The molecule has 4 heterocycles. The zero-order valence-corrected chi connectivity index (χ0v) is 17.0. The van der Waals surface area contributed by atoms with Crippen LogP contribution in [0.4, 0.5) is 5.69 Å². The molecular weight excluding hydrogens is 398 g/mol. The zero-order valence-electron chi connectivity index (χ0n) is 16.2. The van der Waals surface area contributed by atoms with Crippen LogP contribution in [0.2, 0.25) is 0 Å². The number of furan rings is 1. The molecule has 1 unspecified atom stereocenters. The molecule has 0 radical (unpaired) electrons. The number of hydrogen-bond acceptors (Lipinski definition) is 7. The molecule has 1 fully saturated rings. The number of aromatic nitrogens is 2. The van der Waals surface area contributed by atoms with Gasteiger partial charge in [0.1, 0.15) is 16.0 Å². The third-order valence-electron chi connectivity index (χ3n) is 5.82. The maximum Gasteiger partial charge on any atom is 0.289 e. The summed E-state index contributed by atoms with van der Waals surface area (Å²) in [5.41, 5.74) is 2.64. The Morgan fingerprint density at radius 2 is 2.17 bits per heavy atom. The maximum atomic E-state index is 12.5. The third-order valence-corrected chi connectivity index (χ3v) is 7.05. The number of amides is 1. The molecule has 1 atom stereocenters. The topological polar surface area (TPSA) is 104 Å². The number of nitrogens with zero attached hydrogens (tertiary/aromatic N) is 3. The lowest BCUT2D eigenvalue weighted by Gasteiger charge is -2.09. The average molecular weight is 415 g/mol. The van der Waals surface area contributed by atoms with E-state index in [1.807, 2.05) is 31.2 Å². The highest BCUT2D eigenvalue weighted by Gasteiger charge is 2.47. The van der Waals surface area contributed by atoms with Gasteiger partial charge in [-0.15, -0.1) is 11.3 Å². The van der Waals surface area contributed by atoms with Gasteiger partial charge in [-0.2, -0.15) is 5.26 Å². The van der Waals surface area contributed by atoms with Gasteiger partial charge in [0.05, 0.1) is 33.2 Å². The standard InChI is InChI=1S/C22H17N5O2S/c1-11-8-24-18-17-12-2-3-14(16-9-25-21(30-16)22(10-23)6-7-22)27-13(12)4-5-15(17)29-19(18)20(28)26-11/h2-5,9,11,24H,6-8H2,1H3,(H,26,28). The number of rotatable bonds is 2. The Hall–Kier alpha value is -3.44. The van der Waals surface area contributed by atoms with Crippen molar-refractivity contribution in [3.63, 3.8) is 0 Å². The van der Waals surface area contributed by atoms with E-state index in [1.165, 1.54) is 0 Å². The van der Waals surface area contributed by atoms with Crippen molar-refractivity contribution in [1.29, 1.82) is 5.26 Å². The molecule has 3 aromatic heterocycles. The first kappa shape index (κ1) is 17.4. The number of hydrogen-bond donors (Lipinski definition) is 2. The van der Waals surface area contributed by atoms with Crippen LogP contribution in [0.1, 0.15) is 35.3 Å². The number of thiazole rings is 1. The van der Waals surface area contributed by atoms with E-state index in [2.05, 4.69) is 21.7 Å². The molecule has 2 aliphatic rings. The molecule has 7 nitrogen and oxygen atoms in total. The molecule has 0 saturated heterocycles. The summed E-state index contributed by atoms with van der Waals surface area (Å²) in [5.74, 6) is 0.101. The fraction of sp³-hybridized carbons (Fsp3) is 0.273. The molecule has 4 aromatic rings. The number of nitrogens with one attached hydrogen (secondary N) is 2. The first-order valence-corrected chi connectivity index (χ1v) is 10.7. The Morgan fingerprint density at radius 3 is 2.97 bits per heavy atom. The summed E-state index contributed by atoms with van der Waals surface area (Å²) >= 11 is 1.54. The van der Waals surface area contributed by atoms with Gasteiger partial charge in [0.25, 0.3) is 5.91 Å². The van der Waals surface area contributed by atoms with Crippen LogP contribution in [0.15, 0.2) is 34.9 Å². The Bertz CT molecular complexity index is 1390. The van der Waals surface area contributed by atoms with Gasteiger partial charge in [-0.3, -0.25) is 4.79 Å². The monoisotopic (exact) mass is 415 g/mol. The molecule has 8 heteroatoms. The van der Waals surface area contributed by atoms with Gasteiger partial charge in [0.15, 0.2) is 0 Å². The van der Waals surface area contributed by atoms with Crippen LogP contribution in [0.5, 0.6) is 0 Å². The van der Waals surface area contributed by atoms with E-state index in [9.17, 15) is 10.1 Å². The number of carbonyl (C=O) groups excluding carboxylic acids is 1. The summed E-state index contributed by atoms with van der Waals surface area (Å²) in [6.45, 7) is 2.58. The minimum absolute atomic E-state index is 0.0125. The van der Waals surface area contributed by atoms with Crippen molar-refractivity contribution in [2.45, 2.75) is 31.2 Å². The number of anilines is 1. The Labute approximate surface area is 175 Å². The highest BCUT2D eigenvalue weighted by atomic mass is 32.1. The quantitative estimate of drug-likeness (QED) is 0.508. The average Bonchev–Trinajstić information content (AvgIpc) is 3.27. The summed E-state index contributed by atoms with van der Waals surface area (Å²) in [5, 5.41) is 18.4. The fourth-order valence-corrected chi connectivity index (χ4v) is 5.06. The van der Waals surface area contributed by atoms with E-state index < -0.39 is 0 Å². The molecule has 1 aromatic carbocycles. The van der Waals surface area contributed by atoms with Gasteiger partial charge in [-0.05, 0) is 44.0 Å². The molecule has 148 valence electrons. The highest BCUT2D eigenvalue weighted by Crippen LogP contribution is 2.49. The first-order chi connectivity index (χ1) is 14.6. The Balaban J connectivity index is 1.48. The van der Waals surface area contributed by atoms with E-state index in [4.69, 9.17) is 9.40 Å². The summed E-state index contributed by atoms with van der Waals surface area (Å²) in [6.07, 6.45) is 3.57. The number of carbonyl (C=O) groups is 1. The molecule has 1 saturated carbocycles. The van der Waals surface area contributed by atoms with Crippen LogP contribution < -0.4 is 10.6 Å². The minimum Gasteiger partial charge on any atom is -0.449 e. The molecule has 6 rings (SSSR count). The van der Waals surface area contributed by atoms with Crippen molar-refractivity contribution >= 4 is 44.8 Å². The maximum absolute atomic E-state index is 12.5. The highest BCUT2D eigenvalue weighted by molar-refractivity contribution is 7.15. The predicted octanol–water partition coefficient (Wildman–Crippen LogP) is 4.20. The summed E-state index contributed by atoms with van der Waals surface area (Å²) < 4.78 is 5.87. The minimum atomic E-state index is -0.385. The summed E-state index contributed by atoms with van der Waals surface area (Å²) in [7, 11) is 0. The molecular formula is C22H17N5O2S. The molecule has 2 N–H and O–H groups in total. The Kier molecular flexibility index (Phi) is 3.50. The second-order valence-corrected chi connectivity index (χ2v) is 9.02. The molecule has 30 heavy (non-hydrogen) atoms. The van der Waals surface area contributed by atoms with Crippen molar-refractivity contribution in [2.75, 3.05) is 11.9 Å². The van der Waals surface area contributed by atoms with Crippen LogP contribution in [-0.2, 0) is 5.41 Å². The molecule has 1 aliphatic carbocycles. The van der Waals surface area contributed by atoms with Gasteiger partial charge < -0.3 is 15.1 Å². The lowest BCUT2D eigenvalue weighted by Crippen LogP contribution is -2.34. The number of pyridine rings is 1. The van der Waals surface area contributed by atoms with Crippen molar-refractivity contribution in [2.24, 2.45) is 0 Å².